The lowest BCUT2D eigenvalue weighted by Gasteiger charge is -2.39. The molecule has 0 aliphatic carbocycles. The third-order valence-electron chi connectivity index (χ3n) is 9.61. The summed E-state index contributed by atoms with van der Waals surface area (Å²) in [5, 5.41) is 15.4. The van der Waals surface area contributed by atoms with Crippen LogP contribution in [-0.2, 0) is 38.6 Å². The number of amides is 2. The van der Waals surface area contributed by atoms with Crippen molar-refractivity contribution in [1.82, 2.24) is 4.90 Å². The van der Waals surface area contributed by atoms with E-state index in [2.05, 4.69) is 27.7 Å². The Labute approximate surface area is 305 Å². The zero-order valence-electron chi connectivity index (χ0n) is 29.8. The number of rotatable bonds is 14. The summed E-state index contributed by atoms with van der Waals surface area (Å²) in [6.45, 7) is 2.35. The highest BCUT2D eigenvalue weighted by Crippen LogP contribution is 2.40. The lowest BCUT2D eigenvalue weighted by Crippen LogP contribution is -2.41. The van der Waals surface area contributed by atoms with Crippen molar-refractivity contribution >= 4 is 28.9 Å². The molecule has 0 saturated carbocycles. The molecule has 3 unspecified atom stereocenters. The third kappa shape index (κ3) is 9.48. The Morgan fingerprint density at radius 1 is 0.846 bits per heavy atom. The molecule has 5 N–H and O–H groups in total. The van der Waals surface area contributed by atoms with Gasteiger partial charge in [0.2, 0.25) is 11.8 Å². The fourth-order valence-corrected chi connectivity index (χ4v) is 6.80. The summed E-state index contributed by atoms with van der Waals surface area (Å²) in [4.78, 5) is 27.6. The van der Waals surface area contributed by atoms with Gasteiger partial charge in [0.15, 0.2) is 17.8 Å². The van der Waals surface area contributed by atoms with Gasteiger partial charge < -0.3 is 40.4 Å². The number of nitrogen functional groups attached to an aromatic ring is 1. The summed E-state index contributed by atoms with van der Waals surface area (Å²) in [6.07, 6.45) is 2.27. The van der Waals surface area contributed by atoms with Crippen LogP contribution in [0.25, 0.3) is 0 Å². The van der Waals surface area contributed by atoms with E-state index in [0.717, 1.165) is 47.7 Å². The maximum atomic E-state index is 12.9. The van der Waals surface area contributed by atoms with Crippen LogP contribution in [0.5, 0.6) is 11.5 Å². The molecule has 11 heteroatoms. The molecule has 0 spiro atoms. The molecule has 0 aromatic heterocycles. The summed E-state index contributed by atoms with van der Waals surface area (Å²) in [7, 11) is 3.31. The molecule has 52 heavy (non-hydrogen) atoms. The minimum Gasteiger partial charge on any atom is -0.493 e. The molecular formula is C41H48N4O7. The van der Waals surface area contributed by atoms with Gasteiger partial charge >= 0.3 is 0 Å². The van der Waals surface area contributed by atoms with Gasteiger partial charge in [-0.25, -0.2) is 0 Å². The van der Waals surface area contributed by atoms with Gasteiger partial charge in [-0.2, -0.15) is 0 Å². The van der Waals surface area contributed by atoms with Crippen LogP contribution in [0, 0.1) is 0 Å². The van der Waals surface area contributed by atoms with E-state index in [4.69, 9.17) is 24.7 Å². The van der Waals surface area contributed by atoms with E-state index in [9.17, 15) is 14.7 Å². The third-order valence-corrected chi connectivity index (χ3v) is 9.61. The van der Waals surface area contributed by atoms with Crippen molar-refractivity contribution in [3.05, 3.63) is 113 Å². The molecule has 0 bridgehead atoms. The van der Waals surface area contributed by atoms with Crippen molar-refractivity contribution in [2.24, 2.45) is 0 Å². The normalized spacial score (nSPS) is 18.6. The molecular weight excluding hydrogens is 660 g/mol. The van der Waals surface area contributed by atoms with Crippen LogP contribution in [0.1, 0.15) is 72.3 Å². The Kier molecular flexibility index (Phi) is 12.4. The summed E-state index contributed by atoms with van der Waals surface area (Å²) >= 11 is 0. The molecule has 274 valence electrons. The quantitative estimate of drug-likeness (QED) is 0.0850. The van der Waals surface area contributed by atoms with Crippen LogP contribution < -0.4 is 25.8 Å². The van der Waals surface area contributed by atoms with Gasteiger partial charge in [0.1, 0.15) is 0 Å². The molecule has 3 atom stereocenters. The fraction of sp³-hybridized carbons (Fsp3) is 0.366. The van der Waals surface area contributed by atoms with Gasteiger partial charge in [0.05, 0.1) is 44.4 Å². The van der Waals surface area contributed by atoms with Crippen LogP contribution in [0.15, 0.2) is 84.9 Å². The summed E-state index contributed by atoms with van der Waals surface area (Å²) in [6, 6.07) is 26.7. The number of aliphatic hydroxyl groups is 1. The molecule has 4 aromatic carbocycles. The van der Waals surface area contributed by atoms with Crippen molar-refractivity contribution in [3.8, 4) is 11.5 Å². The Morgan fingerprint density at radius 2 is 1.56 bits per heavy atom. The minimum absolute atomic E-state index is 0.0229. The molecule has 0 radical (unpaired) electrons. The highest BCUT2D eigenvalue weighted by Gasteiger charge is 2.34. The maximum Gasteiger partial charge on any atom is 0.224 e. The van der Waals surface area contributed by atoms with Crippen LogP contribution >= 0.6 is 0 Å². The monoisotopic (exact) mass is 708 g/mol. The van der Waals surface area contributed by atoms with Gasteiger partial charge in [-0.15, -0.1) is 0 Å². The predicted molar refractivity (Wildman–Crippen MR) is 200 cm³/mol. The van der Waals surface area contributed by atoms with Gasteiger partial charge in [-0.1, -0.05) is 48.5 Å². The van der Waals surface area contributed by atoms with Crippen molar-refractivity contribution in [2.75, 3.05) is 43.7 Å². The number of hydrogen-bond donors (Lipinski definition) is 4. The molecule has 2 aliphatic rings. The van der Waals surface area contributed by atoms with E-state index in [1.165, 1.54) is 11.1 Å². The number of para-hydroxylation sites is 2. The van der Waals surface area contributed by atoms with Crippen molar-refractivity contribution in [3.63, 3.8) is 0 Å². The Morgan fingerprint density at radius 3 is 2.27 bits per heavy atom. The molecule has 2 heterocycles. The second kappa shape index (κ2) is 17.5. The molecule has 2 amide bonds. The number of carbonyl (C=O) groups is 2. The highest BCUT2D eigenvalue weighted by molar-refractivity contribution is 5.94. The second-order valence-electron chi connectivity index (χ2n) is 13.3. The first kappa shape index (κ1) is 36.8. The summed E-state index contributed by atoms with van der Waals surface area (Å²) < 4.78 is 24.3. The van der Waals surface area contributed by atoms with E-state index in [-0.39, 0.29) is 37.0 Å². The lowest BCUT2D eigenvalue weighted by atomic mass is 9.97. The predicted octanol–water partition coefficient (Wildman–Crippen LogP) is 6.52. The maximum absolute atomic E-state index is 12.9. The molecule has 1 fully saturated rings. The number of nitrogens with zero attached hydrogens (tertiary/aromatic N) is 1. The first-order valence-electron chi connectivity index (χ1n) is 17.8. The lowest BCUT2D eigenvalue weighted by molar-refractivity contribution is -0.253. The number of nitrogens with one attached hydrogen (secondary N) is 2. The molecule has 2 aliphatic heterocycles. The van der Waals surface area contributed by atoms with Gasteiger partial charge in [0.25, 0.3) is 0 Å². The van der Waals surface area contributed by atoms with Crippen molar-refractivity contribution in [1.29, 1.82) is 0 Å². The van der Waals surface area contributed by atoms with Crippen LogP contribution in [0.2, 0.25) is 0 Å². The Balaban J connectivity index is 1.08. The SMILES string of the molecule is COc1cc2c(cc1OC)CN(CC1CC(c3ccc(CO)cc3)OC(c3cccc(NC(=O)CCCCC(=O)Nc4ccccc4N)c3)O1)CC2. The smallest absolute Gasteiger partial charge is 0.224 e. The Bertz CT molecular complexity index is 1830. The number of fused-ring (bicyclic) bond motifs is 1. The van der Waals surface area contributed by atoms with Crippen LogP contribution in [0.4, 0.5) is 17.1 Å². The molecule has 11 nitrogen and oxygen atoms in total. The van der Waals surface area contributed by atoms with Crippen LogP contribution in [-0.4, -0.2) is 55.2 Å². The summed E-state index contributed by atoms with van der Waals surface area (Å²) in [5.41, 5.74) is 12.8. The van der Waals surface area contributed by atoms with E-state index in [0.29, 0.717) is 49.3 Å². The summed E-state index contributed by atoms with van der Waals surface area (Å²) in [5.74, 6) is 1.20. The first-order valence-corrected chi connectivity index (χ1v) is 17.8. The number of benzene rings is 4. The Hall–Kier alpha value is -4.94. The van der Waals surface area contributed by atoms with E-state index in [1.54, 1.807) is 26.4 Å². The number of nitrogens with two attached hydrogens (primary N) is 1. The van der Waals surface area contributed by atoms with E-state index < -0.39 is 6.29 Å². The zero-order chi connectivity index (χ0) is 36.5. The highest BCUT2D eigenvalue weighted by atomic mass is 16.7. The molecule has 6 rings (SSSR count). The van der Waals surface area contributed by atoms with Gasteiger partial charge in [0, 0.05) is 50.1 Å². The van der Waals surface area contributed by atoms with Crippen molar-refractivity contribution < 1.29 is 33.6 Å². The number of carbonyl (C=O) groups excluding carboxylic acids is 2. The minimum atomic E-state index is -0.656. The van der Waals surface area contributed by atoms with Crippen molar-refractivity contribution in [2.45, 2.75) is 70.2 Å². The topological polar surface area (TPSA) is 145 Å². The number of methoxy groups -OCH3 is 2. The first-order chi connectivity index (χ1) is 25.3. The molecule has 1 saturated heterocycles. The number of unbranched alkanes of at least 4 members (excludes halogenated alkanes) is 1. The average molecular weight is 709 g/mol. The number of hydrogen-bond acceptors (Lipinski definition) is 9. The zero-order valence-corrected chi connectivity index (χ0v) is 29.8. The average Bonchev–Trinajstić information content (AvgIpc) is 3.17. The second-order valence-corrected chi connectivity index (χ2v) is 13.3. The van der Waals surface area contributed by atoms with Gasteiger partial charge in [-0.05, 0) is 77.9 Å². The largest absolute Gasteiger partial charge is 0.493 e. The number of anilines is 3. The number of ether oxygens (including phenoxy) is 4. The van der Waals surface area contributed by atoms with Crippen LogP contribution in [0.3, 0.4) is 0 Å². The van der Waals surface area contributed by atoms with E-state index in [1.807, 2.05) is 60.7 Å². The number of aliphatic hydroxyl groups excluding tert-OH is 1. The van der Waals surface area contributed by atoms with E-state index >= 15 is 0 Å². The molecule has 4 aromatic rings. The van der Waals surface area contributed by atoms with Gasteiger partial charge in [-0.3, -0.25) is 14.5 Å². The fourth-order valence-electron chi connectivity index (χ4n) is 6.80. The standard InChI is InChI=1S/C41H48N4O7/c1-49-37-21-29-18-19-45(24-31(29)22-38(37)50-2)25-33-23-36(28-16-14-27(26-46)15-17-28)52-41(51-33)30-8-7-9-32(20-30)43-39(47)12-5-6-13-40(48)44-35-11-4-3-10-34(35)42/h3-4,7-11,14-17,20-22,33,36,41,46H,5-6,12-13,18-19,23-26,42H2,1-2H3,(H,43,47)(H,44,48).